The second-order valence-corrected chi connectivity index (χ2v) is 3.71. The van der Waals surface area contributed by atoms with Gasteiger partial charge in [-0.15, -0.1) is 0 Å². The predicted molar refractivity (Wildman–Crippen MR) is 59.6 cm³/mol. The molecule has 1 aliphatic rings. The maximum Gasteiger partial charge on any atom is 0.126 e. The second-order valence-electron chi connectivity index (χ2n) is 3.71. The molecule has 0 bridgehead atoms. The first-order chi connectivity index (χ1) is 7.45. The minimum atomic E-state index is 0.611. The van der Waals surface area contributed by atoms with Gasteiger partial charge in [0.25, 0.3) is 0 Å². The smallest absolute Gasteiger partial charge is 0.126 e. The summed E-state index contributed by atoms with van der Waals surface area (Å²) in [4.78, 5) is 0. The summed E-state index contributed by atoms with van der Waals surface area (Å²) < 4.78 is 10.5. The van der Waals surface area contributed by atoms with Gasteiger partial charge in [-0.1, -0.05) is 6.08 Å². The van der Waals surface area contributed by atoms with Crippen molar-refractivity contribution >= 4 is 6.08 Å². The van der Waals surface area contributed by atoms with Crippen molar-refractivity contribution in [1.29, 1.82) is 0 Å². The Hall–Kier alpha value is -1.06. The summed E-state index contributed by atoms with van der Waals surface area (Å²) in [5.74, 6) is 0.906. The van der Waals surface area contributed by atoms with Gasteiger partial charge in [-0.3, -0.25) is 0 Å². The normalized spacial score (nSPS) is 18.7. The molecular formula is C12H17NO2. The van der Waals surface area contributed by atoms with E-state index in [1.807, 2.05) is 18.2 Å². The number of furan rings is 1. The maximum absolute atomic E-state index is 5.29. The van der Waals surface area contributed by atoms with Crippen LogP contribution < -0.4 is 5.32 Å². The van der Waals surface area contributed by atoms with Gasteiger partial charge in [-0.25, -0.2) is 0 Å². The highest BCUT2D eigenvalue weighted by Gasteiger charge is 2.11. The van der Waals surface area contributed by atoms with Crippen LogP contribution in [0.4, 0.5) is 0 Å². The first kappa shape index (κ1) is 10.5. The van der Waals surface area contributed by atoms with E-state index in [0.717, 1.165) is 38.4 Å². The van der Waals surface area contributed by atoms with Crippen LogP contribution in [0.15, 0.2) is 28.9 Å². The summed E-state index contributed by atoms with van der Waals surface area (Å²) in [5.41, 5.74) is 0. The Kier molecular flexibility index (Phi) is 4.00. The lowest BCUT2D eigenvalue weighted by Gasteiger charge is -2.22. The molecule has 1 aliphatic heterocycles. The fourth-order valence-electron chi connectivity index (χ4n) is 1.70. The van der Waals surface area contributed by atoms with Gasteiger partial charge in [-0.2, -0.15) is 0 Å². The highest BCUT2D eigenvalue weighted by atomic mass is 16.5. The van der Waals surface area contributed by atoms with E-state index >= 15 is 0 Å². The molecule has 1 saturated heterocycles. The van der Waals surface area contributed by atoms with E-state index in [9.17, 15) is 0 Å². The number of hydrogen-bond donors (Lipinski definition) is 1. The topological polar surface area (TPSA) is 34.4 Å². The summed E-state index contributed by atoms with van der Waals surface area (Å²) in [6.07, 6.45) is 8.01. The standard InChI is InChI=1S/C12H17NO2/c1(3-12-4-2-8-15-12)7-13-11-5-9-14-10-6-11/h1-4,8,11,13H,5-7,9-10H2/b3-1+. The van der Waals surface area contributed by atoms with Crippen LogP contribution >= 0.6 is 0 Å². The molecule has 0 atom stereocenters. The van der Waals surface area contributed by atoms with Gasteiger partial charge in [0, 0.05) is 25.8 Å². The molecule has 82 valence electrons. The fourth-order valence-corrected chi connectivity index (χ4v) is 1.70. The molecule has 1 aromatic heterocycles. The Morgan fingerprint density at radius 2 is 2.27 bits per heavy atom. The van der Waals surface area contributed by atoms with E-state index in [4.69, 9.17) is 9.15 Å². The molecule has 3 heteroatoms. The predicted octanol–water partition coefficient (Wildman–Crippen LogP) is 2.06. The van der Waals surface area contributed by atoms with Gasteiger partial charge in [0.1, 0.15) is 5.76 Å². The molecule has 2 rings (SSSR count). The van der Waals surface area contributed by atoms with Crippen molar-refractivity contribution in [3.05, 3.63) is 30.2 Å². The molecule has 0 saturated carbocycles. The lowest BCUT2D eigenvalue weighted by molar-refractivity contribution is 0.0789. The first-order valence-electron chi connectivity index (χ1n) is 5.46. The van der Waals surface area contributed by atoms with Crippen molar-refractivity contribution in [3.63, 3.8) is 0 Å². The van der Waals surface area contributed by atoms with E-state index in [1.54, 1.807) is 6.26 Å². The minimum absolute atomic E-state index is 0.611. The van der Waals surface area contributed by atoms with E-state index in [0.29, 0.717) is 6.04 Å². The summed E-state index contributed by atoms with van der Waals surface area (Å²) in [7, 11) is 0. The fraction of sp³-hybridized carbons (Fsp3) is 0.500. The van der Waals surface area contributed by atoms with Gasteiger partial charge in [0.2, 0.25) is 0 Å². The number of hydrogen-bond acceptors (Lipinski definition) is 3. The molecule has 3 nitrogen and oxygen atoms in total. The summed E-state index contributed by atoms with van der Waals surface area (Å²) in [5, 5.41) is 3.48. The molecule has 1 fully saturated rings. The SMILES string of the molecule is C(=C\c1ccco1)/CNC1CCOCC1. The molecule has 0 amide bonds. The van der Waals surface area contributed by atoms with Crippen molar-refractivity contribution in [2.24, 2.45) is 0 Å². The van der Waals surface area contributed by atoms with Gasteiger partial charge in [0.15, 0.2) is 0 Å². The molecule has 0 spiro atoms. The number of ether oxygens (including phenoxy) is 1. The highest BCUT2D eigenvalue weighted by molar-refractivity contribution is 5.42. The van der Waals surface area contributed by atoms with Crippen LogP contribution in [0.5, 0.6) is 0 Å². The van der Waals surface area contributed by atoms with E-state index < -0.39 is 0 Å². The molecule has 1 aromatic rings. The zero-order valence-corrected chi connectivity index (χ0v) is 8.82. The number of nitrogens with one attached hydrogen (secondary N) is 1. The average Bonchev–Trinajstić information content (AvgIpc) is 2.79. The largest absolute Gasteiger partial charge is 0.465 e. The molecule has 0 radical (unpaired) electrons. The van der Waals surface area contributed by atoms with Gasteiger partial charge < -0.3 is 14.5 Å². The van der Waals surface area contributed by atoms with Crippen molar-refractivity contribution in [1.82, 2.24) is 5.32 Å². The monoisotopic (exact) mass is 207 g/mol. The van der Waals surface area contributed by atoms with Crippen molar-refractivity contribution in [3.8, 4) is 0 Å². The Morgan fingerprint density at radius 3 is 3.00 bits per heavy atom. The molecule has 1 N–H and O–H groups in total. The van der Waals surface area contributed by atoms with Gasteiger partial charge >= 0.3 is 0 Å². The second kappa shape index (κ2) is 5.73. The Labute approximate surface area is 90.1 Å². The Morgan fingerprint density at radius 1 is 1.40 bits per heavy atom. The summed E-state index contributed by atoms with van der Waals surface area (Å²) >= 11 is 0. The van der Waals surface area contributed by atoms with Gasteiger partial charge in [0.05, 0.1) is 6.26 Å². The zero-order chi connectivity index (χ0) is 10.3. The van der Waals surface area contributed by atoms with E-state index in [2.05, 4.69) is 11.4 Å². The van der Waals surface area contributed by atoms with Crippen LogP contribution in [0, 0.1) is 0 Å². The zero-order valence-electron chi connectivity index (χ0n) is 8.82. The Bertz CT molecular complexity index is 287. The summed E-state index contributed by atoms with van der Waals surface area (Å²) in [6, 6.07) is 4.45. The molecule has 0 aliphatic carbocycles. The quantitative estimate of drug-likeness (QED) is 0.820. The van der Waals surface area contributed by atoms with E-state index in [-0.39, 0.29) is 0 Å². The van der Waals surface area contributed by atoms with Crippen LogP contribution in [-0.4, -0.2) is 25.8 Å². The molecule has 15 heavy (non-hydrogen) atoms. The molecule has 2 heterocycles. The summed E-state index contributed by atoms with van der Waals surface area (Å²) in [6.45, 7) is 2.67. The minimum Gasteiger partial charge on any atom is -0.465 e. The molecule has 0 unspecified atom stereocenters. The van der Waals surface area contributed by atoms with Crippen molar-refractivity contribution in [2.75, 3.05) is 19.8 Å². The van der Waals surface area contributed by atoms with Crippen molar-refractivity contribution < 1.29 is 9.15 Å². The van der Waals surface area contributed by atoms with Crippen LogP contribution in [0.1, 0.15) is 18.6 Å². The first-order valence-corrected chi connectivity index (χ1v) is 5.46. The Balaban J connectivity index is 1.65. The third kappa shape index (κ3) is 3.53. The lowest BCUT2D eigenvalue weighted by Crippen LogP contribution is -2.34. The van der Waals surface area contributed by atoms with Crippen LogP contribution in [0.2, 0.25) is 0 Å². The van der Waals surface area contributed by atoms with Crippen LogP contribution in [0.3, 0.4) is 0 Å². The maximum atomic E-state index is 5.29. The van der Waals surface area contributed by atoms with Gasteiger partial charge in [-0.05, 0) is 31.1 Å². The highest BCUT2D eigenvalue weighted by Crippen LogP contribution is 2.06. The van der Waals surface area contributed by atoms with E-state index in [1.165, 1.54) is 0 Å². The van der Waals surface area contributed by atoms with Crippen LogP contribution in [-0.2, 0) is 4.74 Å². The lowest BCUT2D eigenvalue weighted by atomic mass is 10.1. The number of rotatable bonds is 4. The van der Waals surface area contributed by atoms with Crippen LogP contribution in [0.25, 0.3) is 6.08 Å². The average molecular weight is 207 g/mol. The molecular weight excluding hydrogens is 190 g/mol. The third-order valence-electron chi connectivity index (χ3n) is 2.57. The van der Waals surface area contributed by atoms with Crippen molar-refractivity contribution in [2.45, 2.75) is 18.9 Å². The third-order valence-corrected chi connectivity index (χ3v) is 2.57. The molecule has 0 aromatic carbocycles.